The third kappa shape index (κ3) is 6.62. The fraction of sp³-hybridized carbons (Fsp3) is 0.115. The molecule has 4 N–H and O–H groups in total. The number of nitrogens with zero attached hydrogens (tertiary/aromatic N) is 3. The number of aliphatic hydroxyl groups excluding tert-OH is 1. The Hall–Kier alpha value is -3.77. The first-order valence-electron chi connectivity index (χ1n) is 10.5. The van der Waals surface area contributed by atoms with Crippen LogP contribution in [0.15, 0.2) is 93.7 Å². The van der Waals surface area contributed by atoms with E-state index in [9.17, 15) is 0 Å². The SMILES string of the molecule is CCO.NC1=NCc2ccsc21.[C-]#[N+]c1sccc1NN=C(c1ccccc1)c1ccccc1. The summed E-state index contributed by atoms with van der Waals surface area (Å²) in [6, 6.07) is 24.0. The molecule has 0 radical (unpaired) electrons. The van der Waals surface area contributed by atoms with Crippen LogP contribution in [0.1, 0.15) is 28.5 Å². The van der Waals surface area contributed by atoms with E-state index in [1.807, 2.05) is 77.5 Å². The van der Waals surface area contributed by atoms with Crippen molar-refractivity contribution in [3.63, 3.8) is 0 Å². The predicted octanol–water partition coefficient (Wildman–Crippen LogP) is 6.13. The van der Waals surface area contributed by atoms with Gasteiger partial charge in [-0.25, -0.2) is 4.85 Å². The second kappa shape index (κ2) is 13.1. The quantitative estimate of drug-likeness (QED) is 0.184. The van der Waals surface area contributed by atoms with Crippen molar-refractivity contribution in [3.8, 4) is 0 Å². The lowest BCUT2D eigenvalue weighted by Crippen LogP contribution is -2.07. The molecular formula is C26H25N5OS2. The van der Waals surface area contributed by atoms with E-state index in [1.54, 1.807) is 18.3 Å². The van der Waals surface area contributed by atoms with Gasteiger partial charge < -0.3 is 10.8 Å². The highest BCUT2D eigenvalue weighted by molar-refractivity contribution is 7.15. The van der Waals surface area contributed by atoms with Crippen molar-refractivity contribution in [1.29, 1.82) is 0 Å². The molecule has 2 aromatic carbocycles. The zero-order valence-corrected chi connectivity index (χ0v) is 20.3. The molecule has 1 aliphatic rings. The van der Waals surface area contributed by atoms with E-state index in [0.717, 1.165) is 33.9 Å². The lowest BCUT2D eigenvalue weighted by Gasteiger charge is -2.08. The van der Waals surface area contributed by atoms with Crippen LogP contribution >= 0.6 is 22.7 Å². The monoisotopic (exact) mass is 487 g/mol. The Morgan fingerprint density at radius 1 is 1.03 bits per heavy atom. The second-order valence-electron chi connectivity index (χ2n) is 6.85. The van der Waals surface area contributed by atoms with Gasteiger partial charge in [-0.3, -0.25) is 10.4 Å². The van der Waals surface area contributed by atoms with Crippen molar-refractivity contribution in [1.82, 2.24) is 0 Å². The maximum Gasteiger partial charge on any atom is 0.265 e. The van der Waals surface area contributed by atoms with Gasteiger partial charge in [-0.2, -0.15) is 16.4 Å². The number of hydrogen-bond donors (Lipinski definition) is 3. The van der Waals surface area contributed by atoms with Gasteiger partial charge in [0, 0.05) is 17.7 Å². The van der Waals surface area contributed by atoms with Gasteiger partial charge in [-0.15, -0.1) is 11.3 Å². The van der Waals surface area contributed by atoms with Crippen LogP contribution in [0, 0.1) is 6.57 Å². The summed E-state index contributed by atoms with van der Waals surface area (Å²) in [5.74, 6) is 0.708. The highest BCUT2D eigenvalue weighted by atomic mass is 32.1. The Morgan fingerprint density at radius 3 is 2.18 bits per heavy atom. The molecule has 0 atom stereocenters. The number of hydrogen-bond acceptors (Lipinski definition) is 7. The number of benzene rings is 2. The molecule has 0 amide bonds. The van der Waals surface area contributed by atoms with E-state index in [2.05, 4.69) is 26.4 Å². The summed E-state index contributed by atoms with van der Waals surface area (Å²) in [5, 5.41) is 16.7. The van der Waals surface area contributed by atoms with E-state index in [1.165, 1.54) is 16.9 Å². The maximum atomic E-state index is 7.57. The number of amidine groups is 1. The van der Waals surface area contributed by atoms with Crippen LogP contribution in [0.5, 0.6) is 0 Å². The van der Waals surface area contributed by atoms with Gasteiger partial charge in [0.05, 0.1) is 29.4 Å². The fourth-order valence-electron chi connectivity index (χ4n) is 3.00. The largest absolute Gasteiger partial charge is 0.397 e. The second-order valence-corrected chi connectivity index (χ2v) is 8.66. The number of hydrazone groups is 1. The molecule has 6 nitrogen and oxygen atoms in total. The molecule has 0 fully saturated rings. The minimum atomic E-state index is 0.250. The van der Waals surface area contributed by atoms with E-state index >= 15 is 0 Å². The van der Waals surface area contributed by atoms with Gasteiger partial charge in [0.2, 0.25) is 0 Å². The summed E-state index contributed by atoms with van der Waals surface area (Å²) in [5.41, 5.74) is 13.5. The van der Waals surface area contributed by atoms with E-state index in [4.69, 9.17) is 17.4 Å². The molecule has 0 spiro atoms. The first-order valence-corrected chi connectivity index (χ1v) is 12.3. The highest BCUT2D eigenvalue weighted by Gasteiger charge is 2.12. The summed E-state index contributed by atoms with van der Waals surface area (Å²) in [6.07, 6.45) is 0. The molecule has 0 saturated heterocycles. The number of aliphatic hydroxyl groups is 1. The third-order valence-corrected chi connectivity index (χ3v) is 6.31. The zero-order valence-electron chi connectivity index (χ0n) is 18.7. The molecule has 0 aliphatic carbocycles. The first-order chi connectivity index (χ1) is 16.7. The normalized spacial score (nSPS) is 10.9. The van der Waals surface area contributed by atoms with Gasteiger partial charge in [0.25, 0.3) is 5.00 Å². The van der Waals surface area contributed by atoms with Gasteiger partial charge in [-0.1, -0.05) is 60.7 Å². The Labute approximate surface area is 207 Å². The van der Waals surface area contributed by atoms with Crippen molar-refractivity contribution in [2.45, 2.75) is 13.5 Å². The molecule has 34 heavy (non-hydrogen) atoms. The van der Waals surface area contributed by atoms with Crippen LogP contribution in [0.2, 0.25) is 0 Å². The summed E-state index contributed by atoms with van der Waals surface area (Å²) in [7, 11) is 0. The van der Waals surface area contributed by atoms with Crippen molar-refractivity contribution >= 4 is 44.9 Å². The zero-order chi connectivity index (χ0) is 24.2. The van der Waals surface area contributed by atoms with Crippen LogP contribution in [-0.2, 0) is 6.54 Å². The predicted molar refractivity (Wildman–Crippen MR) is 144 cm³/mol. The molecule has 0 saturated carbocycles. The van der Waals surface area contributed by atoms with Crippen molar-refractivity contribution < 1.29 is 5.11 Å². The minimum absolute atomic E-state index is 0.250. The summed E-state index contributed by atoms with van der Waals surface area (Å²) in [6.45, 7) is 9.88. The lowest BCUT2D eigenvalue weighted by atomic mass is 10.0. The number of anilines is 1. The molecule has 1 aliphatic heterocycles. The number of aliphatic imine (C=N–C) groups is 1. The number of rotatable bonds is 4. The van der Waals surface area contributed by atoms with E-state index in [0.29, 0.717) is 10.8 Å². The number of nitrogens with one attached hydrogen (secondary N) is 1. The minimum Gasteiger partial charge on any atom is -0.397 e. The third-order valence-electron chi connectivity index (χ3n) is 4.53. The highest BCUT2D eigenvalue weighted by Crippen LogP contribution is 2.31. The number of nitrogens with two attached hydrogens (primary N) is 1. The Balaban J connectivity index is 0.000000222. The standard InChI is InChI=1S/C18H13N3S.C6H6N2S.C2H6O/c1-19-18-16(12-13-22-18)20-21-17(14-8-4-2-5-9-14)15-10-6-3-7-11-15;7-6-5-4(3-8-6)1-2-9-5;1-2-3/h2-13,20H;1-2H,3H2,(H2,7,8);3H,2H2,1H3. The summed E-state index contributed by atoms with van der Waals surface area (Å²) >= 11 is 3.07. The molecular weight excluding hydrogens is 462 g/mol. The molecule has 172 valence electrons. The Morgan fingerprint density at radius 2 is 1.62 bits per heavy atom. The number of thiophene rings is 2. The van der Waals surface area contributed by atoms with Gasteiger partial charge in [0.1, 0.15) is 5.84 Å². The molecule has 2 aromatic heterocycles. The first kappa shape index (κ1) is 24.9. The Bertz CT molecular complexity index is 1230. The van der Waals surface area contributed by atoms with Crippen LogP contribution in [0.4, 0.5) is 10.7 Å². The summed E-state index contributed by atoms with van der Waals surface area (Å²) in [4.78, 5) is 8.72. The maximum absolute atomic E-state index is 7.57. The van der Waals surface area contributed by atoms with Crippen LogP contribution in [-0.4, -0.2) is 23.3 Å². The fourth-order valence-corrected chi connectivity index (χ4v) is 4.47. The number of fused-ring (bicyclic) bond motifs is 1. The lowest BCUT2D eigenvalue weighted by molar-refractivity contribution is 0.318. The van der Waals surface area contributed by atoms with E-state index in [-0.39, 0.29) is 6.61 Å². The average Bonchev–Trinajstić information content (AvgIpc) is 3.61. The van der Waals surface area contributed by atoms with E-state index < -0.39 is 0 Å². The molecule has 3 heterocycles. The van der Waals surface area contributed by atoms with Gasteiger partial charge in [0.15, 0.2) is 0 Å². The summed E-state index contributed by atoms with van der Waals surface area (Å²) < 4.78 is 0. The molecule has 5 rings (SSSR count). The smallest absolute Gasteiger partial charge is 0.265 e. The van der Waals surface area contributed by atoms with Gasteiger partial charge >= 0.3 is 0 Å². The molecule has 0 bridgehead atoms. The van der Waals surface area contributed by atoms with Crippen molar-refractivity contribution in [3.05, 3.63) is 117 Å². The molecule has 0 unspecified atom stereocenters. The topological polar surface area (TPSA) is 87.4 Å². The van der Waals surface area contributed by atoms with Crippen molar-refractivity contribution in [2.75, 3.05) is 12.0 Å². The molecule has 8 heteroatoms. The average molecular weight is 488 g/mol. The molecule has 4 aromatic rings. The van der Waals surface area contributed by atoms with Crippen LogP contribution in [0.25, 0.3) is 4.85 Å². The van der Waals surface area contributed by atoms with Crippen molar-refractivity contribution in [2.24, 2.45) is 15.8 Å². The van der Waals surface area contributed by atoms with Crippen LogP contribution < -0.4 is 11.2 Å². The van der Waals surface area contributed by atoms with Crippen LogP contribution in [0.3, 0.4) is 0 Å². The Kier molecular flexibility index (Phi) is 9.55. The van der Waals surface area contributed by atoms with Gasteiger partial charge in [-0.05, 0) is 35.4 Å².